The maximum absolute atomic E-state index is 4.56. The molecule has 0 saturated heterocycles. The van der Waals surface area contributed by atoms with Crippen molar-refractivity contribution in [3.05, 3.63) is 17.6 Å². The summed E-state index contributed by atoms with van der Waals surface area (Å²) < 4.78 is 0. The monoisotopic (exact) mass is 218 g/mol. The van der Waals surface area contributed by atoms with Gasteiger partial charge in [-0.2, -0.15) is 0 Å². The highest BCUT2D eigenvalue weighted by Gasteiger charge is 2.17. The molecule has 0 aromatic rings. The fraction of sp³-hybridized carbons (Fsp3) is 0.500. The van der Waals surface area contributed by atoms with Crippen LogP contribution in [0.1, 0.15) is 25.4 Å². The molecule has 2 rings (SSSR count). The van der Waals surface area contributed by atoms with E-state index in [1.165, 1.54) is 0 Å². The van der Waals surface area contributed by atoms with Gasteiger partial charge in [0, 0.05) is 18.8 Å². The summed E-state index contributed by atoms with van der Waals surface area (Å²) in [5.74, 6) is 1.92. The third-order valence-electron chi connectivity index (χ3n) is 2.76. The number of hydrogen-bond acceptors (Lipinski definition) is 3. The molecule has 2 aliphatic rings. The second-order valence-electron chi connectivity index (χ2n) is 3.98. The van der Waals surface area contributed by atoms with Gasteiger partial charge >= 0.3 is 0 Å². The number of aromatic amines is 1. The van der Waals surface area contributed by atoms with Crippen LogP contribution in [0.3, 0.4) is 0 Å². The minimum atomic E-state index is 0.932. The number of aryl methyl sites for hydroxylation is 2. The minimum Gasteiger partial charge on any atom is -0.355 e. The topological polar surface area (TPSA) is 44.8 Å². The number of anilines is 1. The second kappa shape index (κ2) is 4.12. The Hall–Kier alpha value is -1.58. The number of aromatic nitrogens is 3. The molecule has 0 aliphatic carbocycles. The number of H-pyrrole nitrogens is 1. The van der Waals surface area contributed by atoms with Crippen LogP contribution in [-0.4, -0.2) is 28.0 Å². The van der Waals surface area contributed by atoms with Gasteiger partial charge in [-0.3, -0.25) is 0 Å². The lowest BCUT2D eigenvalue weighted by Gasteiger charge is -2.22. The van der Waals surface area contributed by atoms with E-state index in [9.17, 15) is 0 Å². The molecule has 0 unspecified atom stereocenters. The third-order valence-corrected chi connectivity index (χ3v) is 2.76. The summed E-state index contributed by atoms with van der Waals surface area (Å²) in [6, 6.07) is 2.07. The number of hydrogen-bond donors (Lipinski definition) is 1. The Morgan fingerprint density at radius 3 is 2.50 bits per heavy atom. The summed E-state index contributed by atoms with van der Waals surface area (Å²) in [7, 11) is 0. The largest absolute Gasteiger partial charge is 0.355 e. The van der Waals surface area contributed by atoms with Crippen LogP contribution in [0.4, 0.5) is 5.82 Å². The third kappa shape index (κ3) is 1.75. The summed E-state index contributed by atoms with van der Waals surface area (Å²) in [4.78, 5) is 14.6. The van der Waals surface area contributed by atoms with Crippen LogP contribution < -0.4 is 4.90 Å². The molecule has 0 aromatic carbocycles. The molecule has 0 bridgehead atoms. The average Bonchev–Trinajstić information content (AvgIpc) is 2.60. The standard InChI is InChI=1S/C12H18N4/c1-5-16(6-2)12-11-10(7-8(3)13-11)14-9(4)15-12/h7H,5-6H2,1-4H3,(H,14,15). The van der Waals surface area contributed by atoms with Crippen molar-refractivity contribution in [2.24, 2.45) is 0 Å². The molecule has 4 nitrogen and oxygen atoms in total. The normalized spacial score (nSPS) is 11.0. The molecule has 1 N–H and O–H groups in total. The predicted octanol–water partition coefficient (Wildman–Crippen LogP) is 2.37. The van der Waals surface area contributed by atoms with E-state index >= 15 is 0 Å². The summed E-state index contributed by atoms with van der Waals surface area (Å²) in [5.41, 5.74) is 3.09. The van der Waals surface area contributed by atoms with Gasteiger partial charge in [0.15, 0.2) is 5.82 Å². The first-order valence-electron chi connectivity index (χ1n) is 5.74. The molecule has 0 aromatic heterocycles. The lowest BCUT2D eigenvalue weighted by molar-refractivity contribution is 0.832. The highest BCUT2D eigenvalue weighted by atomic mass is 15.2. The van der Waals surface area contributed by atoms with Crippen molar-refractivity contribution >= 4 is 5.82 Å². The van der Waals surface area contributed by atoms with Crippen molar-refractivity contribution in [3.63, 3.8) is 0 Å². The van der Waals surface area contributed by atoms with Crippen molar-refractivity contribution in [3.8, 4) is 11.4 Å². The first kappa shape index (κ1) is 10.9. The number of nitrogens with one attached hydrogen (secondary N) is 1. The zero-order valence-electron chi connectivity index (χ0n) is 10.3. The zero-order valence-corrected chi connectivity index (χ0v) is 10.3. The smallest absolute Gasteiger partial charge is 0.158 e. The predicted molar refractivity (Wildman–Crippen MR) is 66.0 cm³/mol. The fourth-order valence-corrected chi connectivity index (χ4v) is 1.99. The zero-order chi connectivity index (χ0) is 11.7. The van der Waals surface area contributed by atoms with Gasteiger partial charge in [0.1, 0.15) is 11.5 Å². The number of nitrogens with zero attached hydrogens (tertiary/aromatic N) is 3. The molecule has 2 aliphatic heterocycles. The van der Waals surface area contributed by atoms with Gasteiger partial charge in [-0.1, -0.05) is 0 Å². The van der Waals surface area contributed by atoms with Gasteiger partial charge < -0.3 is 9.88 Å². The fourth-order valence-electron chi connectivity index (χ4n) is 1.99. The van der Waals surface area contributed by atoms with Crippen molar-refractivity contribution in [2.45, 2.75) is 27.7 Å². The van der Waals surface area contributed by atoms with Gasteiger partial charge in [0.05, 0.1) is 5.69 Å². The first-order chi connectivity index (χ1) is 7.65. The van der Waals surface area contributed by atoms with Crippen LogP contribution >= 0.6 is 0 Å². The van der Waals surface area contributed by atoms with Crippen LogP contribution in [0.15, 0.2) is 6.07 Å². The molecule has 0 atom stereocenters. The minimum absolute atomic E-state index is 0.932. The van der Waals surface area contributed by atoms with Crippen LogP contribution in [0.25, 0.3) is 11.4 Å². The van der Waals surface area contributed by atoms with E-state index in [0.29, 0.717) is 0 Å². The molecule has 0 radical (unpaired) electrons. The van der Waals surface area contributed by atoms with Crippen LogP contribution in [-0.2, 0) is 0 Å². The maximum atomic E-state index is 4.56. The lowest BCUT2D eigenvalue weighted by Crippen LogP contribution is -2.24. The van der Waals surface area contributed by atoms with Gasteiger partial charge in [0.2, 0.25) is 0 Å². The molecular formula is C12H18N4. The molecule has 0 fully saturated rings. The number of rotatable bonds is 3. The van der Waals surface area contributed by atoms with Crippen LogP contribution in [0.2, 0.25) is 0 Å². The Morgan fingerprint density at radius 2 is 1.88 bits per heavy atom. The highest BCUT2D eigenvalue weighted by molar-refractivity contribution is 5.71. The Morgan fingerprint density at radius 1 is 1.19 bits per heavy atom. The number of fused-ring (bicyclic) bond motifs is 1. The average molecular weight is 218 g/mol. The highest BCUT2D eigenvalue weighted by Crippen LogP contribution is 2.29. The molecule has 16 heavy (non-hydrogen) atoms. The van der Waals surface area contributed by atoms with E-state index in [1.807, 2.05) is 13.8 Å². The molecule has 0 saturated carbocycles. The van der Waals surface area contributed by atoms with E-state index < -0.39 is 0 Å². The molecule has 86 valence electrons. The summed E-state index contributed by atoms with van der Waals surface area (Å²) in [5, 5.41) is 0. The van der Waals surface area contributed by atoms with E-state index in [-0.39, 0.29) is 0 Å². The van der Waals surface area contributed by atoms with Crippen molar-refractivity contribution < 1.29 is 0 Å². The molecule has 2 heterocycles. The molecule has 4 heteroatoms. The molecular weight excluding hydrogens is 200 g/mol. The quantitative estimate of drug-likeness (QED) is 0.860. The Labute approximate surface area is 96.1 Å². The maximum Gasteiger partial charge on any atom is 0.158 e. The first-order valence-corrected chi connectivity index (χ1v) is 5.74. The van der Waals surface area contributed by atoms with E-state index in [1.54, 1.807) is 0 Å². The second-order valence-corrected chi connectivity index (χ2v) is 3.98. The summed E-state index contributed by atoms with van der Waals surface area (Å²) in [6.45, 7) is 10.2. The van der Waals surface area contributed by atoms with Crippen molar-refractivity contribution in [1.82, 2.24) is 15.0 Å². The van der Waals surface area contributed by atoms with E-state index in [0.717, 1.165) is 41.8 Å². The van der Waals surface area contributed by atoms with E-state index in [4.69, 9.17) is 0 Å². The van der Waals surface area contributed by atoms with Gasteiger partial charge in [-0.25, -0.2) is 9.97 Å². The van der Waals surface area contributed by atoms with Crippen molar-refractivity contribution in [1.29, 1.82) is 0 Å². The Kier molecular flexibility index (Phi) is 2.81. The SMILES string of the molecule is CCN(CC)c1nc(C)[nH]c2cc(C)nc1-2. The lowest BCUT2D eigenvalue weighted by atomic mass is 10.3. The van der Waals surface area contributed by atoms with Crippen LogP contribution in [0, 0.1) is 13.8 Å². The van der Waals surface area contributed by atoms with Gasteiger partial charge in [-0.15, -0.1) is 0 Å². The molecule has 0 amide bonds. The van der Waals surface area contributed by atoms with E-state index in [2.05, 4.69) is 39.8 Å². The summed E-state index contributed by atoms with van der Waals surface area (Å²) >= 11 is 0. The van der Waals surface area contributed by atoms with Crippen LogP contribution in [0.5, 0.6) is 0 Å². The molecule has 0 spiro atoms. The van der Waals surface area contributed by atoms with Gasteiger partial charge in [0.25, 0.3) is 0 Å². The Balaban J connectivity index is 2.59. The Bertz CT molecular complexity index is 457. The summed E-state index contributed by atoms with van der Waals surface area (Å²) in [6.07, 6.45) is 0. The van der Waals surface area contributed by atoms with Crippen molar-refractivity contribution in [2.75, 3.05) is 18.0 Å². The van der Waals surface area contributed by atoms with Gasteiger partial charge in [-0.05, 0) is 33.8 Å².